The van der Waals surface area contributed by atoms with E-state index < -0.39 is 0 Å². The third-order valence-electron chi connectivity index (χ3n) is 5.65. The summed E-state index contributed by atoms with van der Waals surface area (Å²) < 4.78 is 7.16. The first-order valence-electron chi connectivity index (χ1n) is 10.6. The summed E-state index contributed by atoms with van der Waals surface area (Å²) >= 11 is 1.53. The van der Waals surface area contributed by atoms with Crippen LogP contribution in [0, 0.1) is 13.8 Å². The molecule has 0 spiro atoms. The molecule has 0 unspecified atom stereocenters. The van der Waals surface area contributed by atoms with Crippen LogP contribution in [0.3, 0.4) is 0 Å². The number of nitrogens with zero attached hydrogens (tertiary/aromatic N) is 3. The molecule has 0 bridgehead atoms. The molecule has 1 aliphatic carbocycles. The van der Waals surface area contributed by atoms with Crippen molar-refractivity contribution in [3.63, 3.8) is 0 Å². The molecule has 0 saturated heterocycles. The Labute approximate surface area is 182 Å². The SMILES string of the molecule is CCOC(=O)c1c(NC(=O)CN(C)Cc2c(C)nn(C)c2C)sc2c1CCCCC2. The lowest BCUT2D eigenvalue weighted by atomic mass is 10.1. The van der Waals surface area contributed by atoms with Crippen molar-refractivity contribution in [3.8, 4) is 0 Å². The molecule has 0 atom stereocenters. The van der Waals surface area contributed by atoms with Gasteiger partial charge in [0.05, 0.1) is 24.4 Å². The van der Waals surface area contributed by atoms with Crippen molar-refractivity contribution >= 4 is 28.2 Å². The molecule has 7 nitrogen and oxygen atoms in total. The topological polar surface area (TPSA) is 76.5 Å². The molecule has 0 saturated carbocycles. The largest absolute Gasteiger partial charge is 0.462 e. The van der Waals surface area contributed by atoms with Crippen molar-refractivity contribution in [2.24, 2.45) is 7.05 Å². The van der Waals surface area contributed by atoms with Crippen molar-refractivity contribution < 1.29 is 14.3 Å². The van der Waals surface area contributed by atoms with E-state index in [1.165, 1.54) is 22.6 Å². The van der Waals surface area contributed by atoms with Gasteiger partial charge in [-0.2, -0.15) is 5.10 Å². The van der Waals surface area contributed by atoms with Gasteiger partial charge in [-0.25, -0.2) is 4.79 Å². The van der Waals surface area contributed by atoms with Crippen LogP contribution in [-0.2, 0) is 36.0 Å². The van der Waals surface area contributed by atoms with Crippen LogP contribution in [0.5, 0.6) is 0 Å². The van der Waals surface area contributed by atoms with Crippen LogP contribution in [-0.4, -0.2) is 46.8 Å². The van der Waals surface area contributed by atoms with Crippen LogP contribution in [0.1, 0.15) is 63.9 Å². The second-order valence-corrected chi connectivity index (χ2v) is 9.09. The highest BCUT2D eigenvalue weighted by Crippen LogP contribution is 2.38. The zero-order valence-electron chi connectivity index (χ0n) is 18.6. The molecule has 1 N–H and O–H groups in total. The average molecular weight is 433 g/mol. The highest BCUT2D eigenvalue weighted by Gasteiger charge is 2.27. The first-order valence-corrected chi connectivity index (χ1v) is 11.4. The average Bonchev–Trinajstić information content (AvgIpc) is 3.00. The van der Waals surface area contributed by atoms with E-state index in [2.05, 4.69) is 10.4 Å². The molecule has 1 amide bonds. The lowest BCUT2D eigenvalue weighted by Gasteiger charge is -2.17. The normalized spacial score (nSPS) is 13.8. The molecule has 0 radical (unpaired) electrons. The minimum atomic E-state index is -0.331. The van der Waals surface area contributed by atoms with Crippen molar-refractivity contribution in [2.75, 3.05) is 25.5 Å². The van der Waals surface area contributed by atoms with E-state index in [1.807, 2.05) is 37.5 Å². The summed E-state index contributed by atoms with van der Waals surface area (Å²) in [6, 6.07) is 0. The number of likely N-dealkylation sites (N-methyl/N-ethyl adjacent to an activating group) is 1. The highest BCUT2D eigenvalue weighted by atomic mass is 32.1. The highest BCUT2D eigenvalue weighted by molar-refractivity contribution is 7.17. The molecule has 2 aromatic rings. The Bertz CT molecular complexity index is 931. The molecule has 0 aliphatic heterocycles. The maximum atomic E-state index is 12.8. The van der Waals surface area contributed by atoms with Crippen LogP contribution in [0.25, 0.3) is 0 Å². The maximum Gasteiger partial charge on any atom is 0.341 e. The number of nitrogens with one attached hydrogen (secondary N) is 1. The van der Waals surface area contributed by atoms with E-state index in [4.69, 9.17) is 4.74 Å². The van der Waals surface area contributed by atoms with E-state index in [9.17, 15) is 9.59 Å². The third-order valence-corrected chi connectivity index (χ3v) is 6.86. The molecule has 0 aromatic carbocycles. The molecule has 30 heavy (non-hydrogen) atoms. The number of ether oxygens (including phenoxy) is 1. The van der Waals surface area contributed by atoms with Gasteiger partial charge >= 0.3 is 5.97 Å². The van der Waals surface area contributed by atoms with E-state index >= 15 is 0 Å². The van der Waals surface area contributed by atoms with E-state index in [1.54, 1.807) is 6.92 Å². The van der Waals surface area contributed by atoms with E-state index in [0.717, 1.165) is 48.2 Å². The van der Waals surface area contributed by atoms with Crippen LogP contribution in [0.4, 0.5) is 5.00 Å². The smallest absolute Gasteiger partial charge is 0.341 e. The van der Waals surface area contributed by atoms with Gasteiger partial charge < -0.3 is 10.1 Å². The fraction of sp³-hybridized carbons (Fsp3) is 0.591. The number of carbonyl (C=O) groups is 2. The zero-order chi connectivity index (χ0) is 21.8. The monoisotopic (exact) mass is 432 g/mol. The summed E-state index contributed by atoms with van der Waals surface area (Å²) in [5.41, 5.74) is 4.86. The molecule has 3 rings (SSSR count). The molecule has 164 valence electrons. The summed E-state index contributed by atoms with van der Waals surface area (Å²) in [5.74, 6) is -0.458. The molecule has 8 heteroatoms. The summed E-state index contributed by atoms with van der Waals surface area (Å²) in [7, 11) is 3.84. The lowest BCUT2D eigenvalue weighted by molar-refractivity contribution is -0.117. The number of carbonyl (C=O) groups excluding carboxylic acids is 2. The summed E-state index contributed by atoms with van der Waals surface area (Å²) in [4.78, 5) is 28.6. The van der Waals surface area contributed by atoms with Crippen LogP contribution in [0.2, 0.25) is 0 Å². The maximum absolute atomic E-state index is 12.8. The number of anilines is 1. The number of hydrogen-bond donors (Lipinski definition) is 1. The summed E-state index contributed by atoms with van der Waals surface area (Å²) in [6.07, 6.45) is 5.19. The van der Waals surface area contributed by atoms with E-state index in [0.29, 0.717) is 23.7 Å². The predicted octanol–water partition coefficient (Wildman–Crippen LogP) is 3.61. The van der Waals surface area contributed by atoms with Gasteiger partial charge in [0.25, 0.3) is 0 Å². The van der Waals surface area contributed by atoms with Crippen LogP contribution in [0.15, 0.2) is 0 Å². The first-order chi connectivity index (χ1) is 14.3. The van der Waals surface area contributed by atoms with Crippen molar-refractivity contribution in [1.82, 2.24) is 14.7 Å². The summed E-state index contributed by atoms with van der Waals surface area (Å²) in [5, 5.41) is 8.07. The van der Waals surface area contributed by atoms with E-state index in [-0.39, 0.29) is 18.4 Å². The van der Waals surface area contributed by atoms with Gasteiger partial charge in [-0.1, -0.05) is 6.42 Å². The molecular formula is C22H32N4O3S. The van der Waals surface area contributed by atoms with Crippen LogP contribution >= 0.6 is 11.3 Å². The second-order valence-electron chi connectivity index (χ2n) is 7.98. The predicted molar refractivity (Wildman–Crippen MR) is 119 cm³/mol. The number of fused-ring (bicyclic) bond motifs is 1. The third kappa shape index (κ3) is 4.92. The number of amides is 1. The Morgan fingerprint density at radius 2 is 1.97 bits per heavy atom. The van der Waals surface area contributed by atoms with Gasteiger partial charge in [-0.15, -0.1) is 11.3 Å². The first kappa shape index (κ1) is 22.5. The number of hydrogen-bond acceptors (Lipinski definition) is 6. The van der Waals surface area contributed by atoms with Crippen molar-refractivity contribution in [2.45, 2.75) is 59.4 Å². The van der Waals surface area contributed by atoms with Gasteiger partial charge in [-0.3, -0.25) is 14.4 Å². The van der Waals surface area contributed by atoms with Crippen molar-refractivity contribution in [3.05, 3.63) is 33.0 Å². The minimum Gasteiger partial charge on any atom is -0.462 e. The Morgan fingerprint density at radius 3 is 2.63 bits per heavy atom. The van der Waals surface area contributed by atoms with Crippen molar-refractivity contribution in [1.29, 1.82) is 0 Å². The van der Waals surface area contributed by atoms with Crippen LogP contribution < -0.4 is 5.32 Å². The molecule has 2 aromatic heterocycles. The quantitative estimate of drug-likeness (QED) is 0.534. The number of aryl methyl sites for hydroxylation is 3. The Morgan fingerprint density at radius 1 is 1.23 bits per heavy atom. The molecule has 1 aliphatic rings. The number of esters is 1. The zero-order valence-corrected chi connectivity index (χ0v) is 19.4. The van der Waals surface area contributed by atoms with Gasteiger partial charge in [0.15, 0.2) is 0 Å². The van der Waals surface area contributed by atoms with Gasteiger partial charge in [0.2, 0.25) is 5.91 Å². The summed E-state index contributed by atoms with van der Waals surface area (Å²) in [6.45, 7) is 7.03. The standard InChI is InChI=1S/C22H32N4O3S/c1-6-29-22(28)20-16-10-8-7-9-11-18(16)30-21(20)23-19(27)13-25(4)12-17-14(2)24-26(5)15(17)3/h6-13H2,1-5H3,(H,23,27). The molecule has 0 fully saturated rings. The Kier molecular flexibility index (Phi) is 7.31. The fourth-order valence-corrected chi connectivity index (χ4v) is 5.33. The van der Waals surface area contributed by atoms with Gasteiger partial charge in [-0.05, 0) is 59.1 Å². The molecule has 2 heterocycles. The number of thiophene rings is 1. The Hall–Kier alpha value is -2.19. The second kappa shape index (κ2) is 9.75. The van der Waals surface area contributed by atoms with Gasteiger partial charge in [0.1, 0.15) is 5.00 Å². The Balaban J connectivity index is 1.73. The minimum absolute atomic E-state index is 0.126. The fourth-order valence-electron chi connectivity index (χ4n) is 4.03. The van der Waals surface area contributed by atoms with Gasteiger partial charge in [0, 0.05) is 29.7 Å². The molecular weight excluding hydrogens is 400 g/mol. The lowest BCUT2D eigenvalue weighted by Crippen LogP contribution is -2.30. The number of rotatable bonds is 7. The number of aromatic nitrogens is 2.